The number of hydrogen-bond donors (Lipinski definition) is 2. The van der Waals surface area contributed by atoms with Crippen LogP contribution in [0.5, 0.6) is 0 Å². The molecule has 2 rings (SSSR count). The van der Waals surface area contributed by atoms with E-state index in [2.05, 4.69) is 23.9 Å². The first-order chi connectivity index (χ1) is 11.0. The van der Waals surface area contributed by atoms with Crippen molar-refractivity contribution in [2.24, 2.45) is 5.92 Å². The van der Waals surface area contributed by atoms with E-state index in [0.717, 1.165) is 18.5 Å². The highest BCUT2D eigenvalue weighted by atomic mass is 16.4. The van der Waals surface area contributed by atoms with Crippen LogP contribution >= 0.6 is 0 Å². The van der Waals surface area contributed by atoms with Crippen LogP contribution in [0.15, 0.2) is 17.2 Å². The summed E-state index contributed by atoms with van der Waals surface area (Å²) < 4.78 is 1.56. The van der Waals surface area contributed by atoms with Gasteiger partial charge in [0, 0.05) is 18.2 Å². The van der Waals surface area contributed by atoms with Crippen LogP contribution in [0, 0.1) is 5.92 Å². The molecular formula is C16H21N3O4. The summed E-state index contributed by atoms with van der Waals surface area (Å²) in [4.78, 5) is 27.1. The molecule has 0 spiro atoms. The molecule has 0 fully saturated rings. The largest absolute Gasteiger partial charge is 0.511 e. The molecule has 2 N–H and O–H groups in total. The Balaban J connectivity index is 2.56. The lowest BCUT2D eigenvalue weighted by molar-refractivity contribution is -0.136. The van der Waals surface area contributed by atoms with Gasteiger partial charge in [0.15, 0.2) is 11.1 Å². The van der Waals surface area contributed by atoms with Gasteiger partial charge in [0.2, 0.25) is 0 Å². The van der Waals surface area contributed by atoms with Gasteiger partial charge in [-0.15, -0.1) is 0 Å². The van der Waals surface area contributed by atoms with Crippen LogP contribution in [0.25, 0.3) is 11.4 Å². The quantitative estimate of drug-likeness (QED) is 0.797. The first-order valence-electron chi connectivity index (χ1n) is 7.77. The highest BCUT2D eigenvalue weighted by molar-refractivity contribution is 5.68. The predicted octanol–water partition coefficient (Wildman–Crippen LogP) is 1.32. The molecule has 2 heterocycles. The number of pyridine rings is 1. The SMILES string of the molecule is CCC(CC)Cc1cc(=O)/c(=C(/O)CCC(=O)O)c2ncnn12. The Bertz CT molecular complexity index is 809. The molecule has 2 aromatic heterocycles. The molecule has 0 amide bonds. The normalized spacial score (nSPS) is 12.8. The van der Waals surface area contributed by atoms with E-state index in [0.29, 0.717) is 12.3 Å². The summed E-state index contributed by atoms with van der Waals surface area (Å²) in [7, 11) is 0. The summed E-state index contributed by atoms with van der Waals surface area (Å²) in [5, 5.41) is 23.0. The third-order valence-corrected chi connectivity index (χ3v) is 4.10. The fourth-order valence-corrected chi connectivity index (χ4v) is 2.66. The van der Waals surface area contributed by atoms with Gasteiger partial charge in [-0.3, -0.25) is 9.59 Å². The Morgan fingerprint density at radius 2 is 1.96 bits per heavy atom. The lowest BCUT2D eigenvalue weighted by Crippen LogP contribution is -2.31. The molecule has 0 radical (unpaired) electrons. The van der Waals surface area contributed by atoms with Gasteiger partial charge in [-0.1, -0.05) is 26.7 Å². The molecule has 0 saturated carbocycles. The van der Waals surface area contributed by atoms with Crippen molar-refractivity contribution in [2.75, 3.05) is 0 Å². The first kappa shape index (κ1) is 16.9. The van der Waals surface area contributed by atoms with Crippen LogP contribution in [0.1, 0.15) is 45.2 Å². The molecule has 0 aromatic carbocycles. The Hall–Kier alpha value is -2.44. The van der Waals surface area contributed by atoms with E-state index in [9.17, 15) is 14.7 Å². The number of fused-ring (bicyclic) bond motifs is 1. The van der Waals surface area contributed by atoms with Crippen LogP contribution in [-0.4, -0.2) is 30.8 Å². The second kappa shape index (κ2) is 7.21. The number of aliphatic hydroxyl groups excluding tert-OH is 1. The van der Waals surface area contributed by atoms with Gasteiger partial charge < -0.3 is 10.2 Å². The van der Waals surface area contributed by atoms with Crippen LogP contribution in [-0.2, 0) is 11.2 Å². The van der Waals surface area contributed by atoms with Gasteiger partial charge >= 0.3 is 5.97 Å². The number of carboxylic acids is 1. The third kappa shape index (κ3) is 3.67. The highest BCUT2D eigenvalue weighted by Crippen LogP contribution is 2.14. The third-order valence-electron chi connectivity index (χ3n) is 4.10. The zero-order chi connectivity index (χ0) is 17.0. The fraction of sp³-hybridized carbons (Fsp3) is 0.500. The Kier molecular flexibility index (Phi) is 5.31. The topological polar surface area (TPSA) is 105 Å². The molecule has 7 heteroatoms. The molecule has 0 aliphatic carbocycles. The van der Waals surface area contributed by atoms with Crippen molar-refractivity contribution < 1.29 is 15.0 Å². The summed E-state index contributed by atoms with van der Waals surface area (Å²) in [5.41, 5.74) is 0.682. The monoisotopic (exact) mass is 319 g/mol. The number of hydrogen-bond acceptors (Lipinski definition) is 5. The van der Waals surface area contributed by atoms with E-state index in [1.807, 2.05) is 0 Å². The van der Waals surface area contributed by atoms with E-state index in [1.54, 1.807) is 4.52 Å². The molecule has 7 nitrogen and oxygen atoms in total. The van der Waals surface area contributed by atoms with Gasteiger partial charge in [0.25, 0.3) is 0 Å². The predicted molar refractivity (Wildman–Crippen MR) is 85.2 cm³/mol. The van der Waals surface area contributed by atoms with Crippen molar-refractivity contribution in [3.63, 3.8) is 0 Å². The Labute approximate surface area is 133 Å². The van der Waals surface area contributed by atoms with E-state index in [-0.39, 0.29) is 34.9 Å². The summed E-state index contributed by atoms with van der Waals surface area (Å²) >= 11 is 0. The molecule has 0 aliphatic rings. The zero-order valence-electron chi connectivity index (χ0n) is 13.3. The minimum absolute atomic E-state index is 0.0389. The second-order valence-corrected chi connectivity index (χ2v) is 5.60. The number of rotatable bonds is 7. The van der Waals surface area contributed by atoms with Crippen LogP contribution in [0.4, 0.5) is 0 Å². The number of aromatic nitrogens is 3. The standard InChI is InChI=1S/C16H21N3O4/c1-3-10(4-2)7-11-8-13(21)15(12(20)5-6-14(22)23)16-17-9-18-19(11)16/h8-10,20H,3-7H2,1-2H3,(H,22,23)/b15-12-. The molecule has 2 aromatic rings. The first-order valence-corrected chi connectivity index (χ1v) is 7.77. The molecule has 0 saturated heterocycles. The van der Waals surface area contributed by atoms with Gasteiger partial charge in [-0.25, -0.2) is 9.50 Å². The molecule has 0 aliphatic heterocycles. The van der Waals surface area contributed by atoms with Crippen molar-refractivity contribution in [3.8, 4) is 0 Å². The van der Waals surface area contributed by atoms with E-state index in [1.165, 1.54) is 12.4 Å². The number of aliphatic carboxylic acids is 1. The summed E-state index contributed by atoms with van der Waals surface area (Å²) in [6.07, 6.45) is 3.68. The van der Waals surface area contributed by atoms with E-state index < -0.39 is 5.97 Å². The molecule has 124 valence electrons. The minimum Gasteiger partial charge on any atom is -0.511 e. The number of nitrogens with zero attached hydrogens (tertiary/aromatic N) is 3. The highest BCUT2D eigenvalue weighted by Gasteiger charge is 2.14. The van der Waals surface area contributed by atoms with Crippen molar-refractivity contribution >= 4 is 17.4 Å². The minimum atomic E-state index is -1.04. The zero-order valence-corrected chi connectivity index (χ0v) is 13.3. The maximum Gasteiger partial charge on any atom is 0.303 e. The maximum atomic E-state index is 12.4. The van der Waals surface area contributed by atoms with Crippen LogP contribution in [0.3, 0.4) is 0 Å². The second-order valence-electron chi connectivity index (χ2n) is 5.60. The number of carboxylic acid groups (broad SMARTS) is 1. The van der Waals surface area contributed by atoms with Crippen molar-refractivity contribution in [3.05, 3.63) is 33.5 Å². The van der Waals surface area contributed by atoms with Gasteiger partial charge in [-0.05, 0) is 12.3 Å². The van der Waals surface area contributed by atoms with E-state index in [4.69, 9.17) is 5.11 Å². The average molecular weight is 319 g/mol. The van der Waals surface area contributed by atoms with Gasteiger partial charge in [0.05, 0.1) is 6.42 Å². The maximum absolute atomic E-state index is 12.4. The Morgan fingerprint density at radius 1 is 1.26 bits per heavy atom. The van der Waals surface area contributed by atoms with E-state index >= 15 is 0 Å². The van der Waals surface area contributed by atoms with Crippen molar-refractivity contribution in [1.29, 1.82) is 0 Å². The number of carbonyl (C=O) groups is 1. The summed E-state index contributed by atoms with van der Waals surface area (Å²) in [6, 6.07) is 1.46. The molecule has 0 atom stereocenters. The van der Waals surface area contributed by atoms with Crippen molar-refractivity contribution in [1.82, 2.24) is 14.6 Å². The van der Waals surface area contributed by atoms with Gasteiger partial charge in [0.1, 0.15) is 17.3 Å². The van der Waals surface area contributed by atoms with Crippen LogP contribution < -0.4 is 10.6 Å². The lowest BCUT2D eigenvalue weighted by atomic mass is 9.97. The Morgan fingerprint density at radius 3 is 2.57 bits per heavy atom. The average Bonchev–Trinajstić information content (AvgIpc) is 2.99. The number of aliphatic hydroxyl groups is 1. The smallest absolute Gasteiger partial charge is 0.303 e. The summed E-state index contributed by atoms with van der Waals surface area (Å²) in [6.45, 7) is 4.20. The lowest BCUT2D eigenvalue weighted by Gasteiger charge is -2.12. The van der Waals surface area contributed by atoms with Crippen molar-refractivity contribution in [2.45, 2.75) is 46.0 Å². The molecule has 0 bridgehead atoms. The molecule has 23 heavy (non-hydrogen) atoms. The van der Waals surface area contributed by atoms with Gasteiger partial charge in [-0.2, -0.15) is 5.10 Å². The molecular weight excluding hydrogens is 298 g/mol. The molecule has 0 unspecified atom stereocenters. The van der Waals surface area contributed by atoms with Crippen LogP contribution in [0.2, 0.25) is 0 Å². The fourth-order valence-electron chi connectivity index (χ4n) is 2.66. The summed E-state index contributed by atoms with van der Waals surface area (Å²) in [5.74, 6) is -0.853.